The number of hydrogen-bond donors (Lipinski definition) is 1. The lowest BCUT2D eigenvalue weighted by Crippen LogP contribution is -2.35. The van der Waals surface area contributed by atoms with Gasteiger partial charge in [0.05, 0.1) is 22.7 Å². The Morgan fingerprint density at radius 3 is 3.00 bits per heavy atom. The Balaban J connectivity index is 1.57. The Hall–Kier alpha value is -2.15. The number of rotatable bonds is 4. The fourth-order valence-corrected chi connectivity index (χ4v) is 4.17. The average Bonchev–Trinajstić information content (AvgIpc) is 3.16. The summed E-state index contributed by atoms with van der Waals surface area (Å²) in [6.07, 6.45) is 0.701. The van der Waals surface area contributed by atoms with Gasteiger partial charge in [0.1, 0.15) is 5.75 Å². The molecular weight excluding hydrogens is 370 g/mol. The van der Waals surface area contributed by atoms with Gasteiger partial charge >= 0.3 is 0 Å². The van der Waals surface area contributed by atoms with Gasteiger partial charge in [-0.25, -0.2) is 4.98 Å². The molecule has 1 aliphatic heterocycles. The molecule has 0 spiro atoms. The first kappa shape index (κ1) is 17.3. The number of hydrogen-bond acceptors (Lipinski definition) is 5. The highest BCUT2D eigenvalue weighted by Crippen LogP contribution is 2.27. The number of H-pyrrole nitrogens is 1. The van der Waals surface area contributed by atoms with Crippen LogP contribution in [0.5, 0.6) is 5.75 Å². The van der Waals surface area contributed by atoms with E-state index in [-0.39, 0.29) is 5.56 Å². The number of nitrogens with one attached hydrogen (secondary N) is 1. The van der Waals surface area contributed by atoms with Gasteiger partial charge in [-0.1, -0.05) is 23.7 Å². The average molecular weight is 388 g/mol. The van der Waals surface area contributed by atoms with Crippen LogP contribution in [-0.4, -0.2) is 28.5 Å². The SMILES string of the molecule is COc1ccc(CN2CCc3c(nc(-c4cccs4)[nH]c3=O)C2)cc1Cl. The summed E-state index contributed by atoms with van der Waals surface area (Å²) in [5.41, 5.74) is 2.76. The monoisotopic (exact) mass is 387 g/mol. The highest BCUT2D eigenvalue weighted by Gasteiger charge is 2.22. The molecule has 3 aromatic rings. The van der Waals surface area contributed by atoms with E-state index in [1.54, 1.807) is 18.4 Å². The first-order chi connectivity index (χ1) is 12.6. The van der Waals surface area contributed by atoms with Crippen molar-refractivity contribution >= 4 is 22.9 Å². The summed E-state index contributed by atoms with van der Waals surface area (Å²) in [5.74, 6) is 1.33. The lowest BCUT2D eigenvalue weighted by Gasteiger charge is -2.27. The van der Waals surface area contributed by atoms with Crippen LogP contribution in [0.15, 0.2) is 40.5 Å². The summed E-state index contributed by atoms with van der Waals surface area (Å²) in [6.45, 7) is 2.23. The second-order valence-corrected chi connectivity index (χ2v) is 7.60. The maximum Gasteiger partial charge on any atom is 0.254 e. The molecule has 0 aliphatic carbocycles. The maximum atomic E-state index is 12.4. The molecule has 26 heavy (non-hydrogen) atoms. The molecule has 0 fully saturated rings. The molecule has 134 valence electrons. The molecule has 0 saturated carbocycles. The number of ether oxygens (including phenoxy) is 1. The highest BCUT2D eigenvalue weighted by atomic mass is 35.5. The molecule has 2 aromatic heterocycles. The lowest BCUT2D eigenvalue weighted by atomic mass is 10.1. The Labute approximate surface area is 160 Å². The highest BCUT2D eigenvalue weighted by molar-refractivity contribution is 7.13. The third kappa shape index (κ3) is 3.40. The minimum atomic E-state index is -0.0226. The molecule has 1 aromatic carbocycles. The van der Waals surface area contributed by atoms with Gasteiger partial charge in [0.2, 0.25) is 0 Å². The van der Waals surface area contributed by atoms with E-state index >= 15 is 0 Å². The van der Waals surface area contributed by atoms with Crippen LogP contribution >= 0.6 is 22.9 Å². The zero-order valence-electron chi connectivity index (χ0n) is 14.3. The van der Waals surface area contributed by atoms with Crippen molar-refractivity contribution in [2.45, 2.75) is 19.5 Å². The number of halogens is 1. The predicted molar refractivity (Wildman–Crippen MR) is 104 cm³/mol. The molecule has 1 N–H and O–H groups in total. The number of nitrogens with zero attached hydrogens (tertiary/aromatic N) is 2. The topological polar surface area (TPSA) is 58.2 Å². The van der Waals surface area contributed by atoms with Gasteiger partial charge < -0.3 is 9.72 Å². The van der Waals surface area contributed by atoms with Gasteiger partial charge in [0.25, 0.3) is 5.56 Å². The van der Waals surface area contributed by atoms with Gasteiger partial charge in [-0.3, -0.25) is 9.69 Å². The Kier molecular flexibility index (Phi) is 4.80. The summed E-state index contributed by atoms with van der Waals surface area (Å²) in [5, 5.41) is 2.59. The number of fused-ring (bicyclic) bond motifs is 1. The normalized spacial score (nSPS) is 14.2. The summed E-state index contributed by atoms with van der Waals surface area (Å²) in [4.78, 5) is 23.3. The molecule has 0 radical (unpaired) electrons. The fraction of sp³-hybridized carbons (Fsp3) is 0.263. The largest absolute Gasteiger partial charge is 0.495 e. The molecule has 1 aliphatic rings. The molecule has 4 rings (SSSR count). The Morgan fingerprint density at radius 1 is 1.38 bits per heavy atom. The van der Waals surface area contributed by atoms with Crippen molar-refractivity contribution in [1.82, 2.24) is 14.9 Å². The standard InChI is InChI=1S/C19H18ClN3O2S/c1-25-16-5-4-12(9-14(16)20)10-23-7-6-13-15(11-23)21-18(22-19(13)24)17-3-2-8-26-17/h2-5,8-9H,6-7,10-11H2,1H3,(H,21,22,24). The van der Waals surface area contributed by atoms with Gasteiger partial charge in [0.15, 0.2) is 5.82 Å². The molecule has 5 nitrogen and oxygen atoms in total. The van der Waals surface area contributed by atoms with E-state index in [9.17, 15) is 4.79 Å². The van der Waals surface area contributed by atoms with Crippen LogP contribution in [-0.2, 0) is 19.5 Å². The number of methoxy groups -OCH3 is 1. The van der Waals surface area contributed by atoms with Gasteiger partial charge in [-0.2, -0.15) is 0 Å². The molecule has 7 heteroatoms. The summed E-state index contributed by atoms with van der Waals surface area (Å²) < 4.78 is 5.21. The van der Waals surface area contributed by atoms with Crippen molar-refractivity contribution in [2.24, 2.45) is 0 Å². The minimum Gasteiger partial charge on any atom is -0.495 e. The van der Waals surface area contributed by atoms with Crippen LogP contribution in [0, 0.1) is 0 Å². The molecule has 0 bridgehead atoms. The second-order valence-electron chi connectivity index (χ2n) is 6.25. The summed E-state index contributed by atoms with van der Waals surface area (Å²) in [7, 11) is 1.61. The summed E-state index contributed by atoms with van der Waals surface area (Å²) >= 11 is 7.80. The summed E-state index contributed by atoms with van der Waals surface area (Å²) in [6, 6.07) is 9.75. The van der Waals surface area contributed by atoms with Crippen LogP contribution in [0.3, 0.4) is 0 Å². The molecular formula is C19H18ClN3O2S. The van der Waals surface area contributed by atoms with E-state index < -0.39 is 0 Å². The van der Waals surface area contributed by atoms with E-state index in [2.05, 4.69) is 9.88 Å². The maximum absolute atomic E-state index is 12.4. The Morgan fingerprint density at radius 2 is 2.27 bits per heavy atom. The molecule has 0 unspecified atom stereocenters. The van der Waals surface area contributed by atoms with Crippen LogP contribution in [0.4, 0.5) is 0 Å². The van der Waals surface area contributed by atoms with Gasteiger partial charge in [-0.05, 0) is 35.6 Å². The van der Waals surface area contributed by atoms with E-state index in [0.29, 0.717) is 29.6 Å². The van der Waals surface area contributed by atoms with Crippen LogP contribution in [0.1, 0.15) is 16.8 Å². The van der Waals surface area contributed by atoms with Crippen molar-refractivity contribution in [1.29, 1.82) is 0 Å². The first-order valence-corrected chi connectivity index (χ1v) is 9.60. The molecule has 3 heterocycles. The zero-order valence-corrected chi connectivity index (χ0v) is 15.9. The van der Waals surface area contributed by atoms with E-state index in [1.807, 2.05) is 35.7 Å². The van der Waals surface area contributed by atoms with Crippen molar-refractivity contribution in [3.05, 3.63) is 67.9 Å². The predicted octanol–water partition coefficient (Wildman–Crippen LogP) is 3.72. The quantitative estimate of drug-likeness (QED) is 0.741. The van der Waals surface area contributed by atoms with Gasteiger partial charge in [0, 0.05) is 25.2 Å². The number of benzene rings is 1. The fourth-order valence-electron chi connectivity index (χ4n) is 3.23. The van der Waals surface area contributed by atoms with Gasteiger partial charge in [-0.15, -0.1) is 11.3 Å². The number of aromatic nitrogens is 2. The zero-order chi connectivity index (χ0) is 18.1. The van der Waals surface area contributed by atoms with Crippen LogP contribution < -0.4 is 10.3 Å². The van der Waals surface area contributed by atoms with Crippen LogP contribution in [0.2, 0.25) is 5.02 Å². The molecule has 0 amide bonds. The smallest absolute Gasteiger partial charge is 0.254 e. The van der Waals surface area contributed by atoms with Crippen molar-refractivity contribution in [2.75, 3.05) is 13.7 Å². The first-order valence-electron chi connectivity index (χ1n) is 8.35. The van der Waals surface area contributed by atoms with E-state index in [0.717, 1.165) is 34.8 Å². The third-order valence-corrected chi connectivity index (χ3v) is 5.70. The van der Waals surface area contributed by atoms with Crippen molar-refractivity contribution in [3.8, 4) is 16.5 Å². The second kappa shape index (κ2) is 7.23. The minimum absolute atomic E-state index is 0.0226. The lowest BCUT2D eigenvalue weighted by molar-refractivity contribution is 0.240. The van der Waals surface area contributed by atoms with Crippen molar-refractivity contribution < 1.29 is 4.74 Å². The third-order valence-electron chi connectivity index (χ3n) is 4.53. The van der Waals surface area contributed by atoms with E-state index in [4.69, 9.17) is 21.3 Å². The molecule has 0 atom stereocenters. The van der Waals surface area contributed by atoms with Crippen molar-refractivity contribution in [3.63, 3.8) is 0 Å². The Bertz CT molecular complexity index is 985. The van der Waals surface area contributed by atoms with E-state index in [1.165, 1.54) is 0 Å². The van der Waals surface area contributed by atoms with Crippen LogP contribution in [0.25, 0.3) is 10.7 Å². The number of thiophene rings is 1. The molecule has 0 saturated heterocycles. The number of aromatic amines is 1.